The van der Waals surface area contributed by atoms with E-state index in [0.717, 1.165) is 18.2 Å². The van der Waals surface area contributed by atoms with Crippen molar-refractivity contribution in [2.75, 3.05) is 7.11 Å². The molecule has 0 spiro atoms. The van der Waals surface area contributed by atoms with Crippen LogP contribution in [0.15, 0.2) is 36.4 Å². The molecule has 0 unspecified atom stereocenters. The molecule has 3 aromatic rings. The number of aliphatic carboxylic acids is 1. The summed E-state index contributed by atoms with van der Waals surface area (Å²) in [6.45, 7) is 0. The molecule has 0 bridgehead atoms. The van der Waals surface area contributed by atoms with Gasteiger partial charge in [0.25, 0.3) is 0 Å². The van der Waals surface area contributed by atoms with Gasteiger partial charge >= 0.3 is 12.1 Å². The van der Waals surface area contributed by atoms with Gasteiger partial charge in [-0.15, -0.1) is 10.2 Å². The first-order valence-corrected chi connectivity index (χ1v) is 9.51. The van der Waals surface area contributed by atoms with Gasteiger partial charge in [-0.1, -0.05) is 23.7 Å². The topological polar surface area (TPSA) is 86.5 Å². The van der Waals surface area contributed by atoms with Crippen molar-refractivity contribution in [1.82, 2.24) is 14.8 Å². The summed E-state index contributed by atoms with van der Waals surface area (Å²) in [7, 11) is 1.37. The largest absolute Gasteiger partial charge is 0.495 e. The fourth-order valence-corrected chi connectivity index (χ4v) is 3.89. The maximum atomic E-state index is 14.2. The number of aromatic nitrogens is 3. The monoisotopic (exact) mass is 471 g/mol. The number of halogens is 5. The third-order valence-electron chi connectivity index (χ3n) is 4.90. The minimum atomic E-state index is -4.92. The van der Waals surface area contributed by atoms with Crippen molar-refractivity contribution in [3.05, 3.63) is 70.0 Å². The Morgan fingerprint density at radius 1 is 1.25 bits per heavy atom. The highest BCUT2D eigenvalue weighted by atomic mass is 35.5. The maximum absolute atomic E-state index is 14.2. The van der Waals surface area contributed by atoms with Crippen LogP contribution in [-0.4, -0.2) is 33.0 Å². The molecule has 0 saturated heterocycles. The number of methoxy groups -OCH3 is 1. The van der Waals surface area contributed by atoms with Gasteiger partial charge in [0, 0.05) is 11.1 Å². The molecule has 1 aliphatic rings. The lowest BCUT2D eigenvalue weighted by atomic mass is 9.99. The van der Waals surface area contributed by atoms with E-state index < -0.39 is 42.4 Å². The fourth-order valence-electron chi connectivity index (χ4n) is 3.59. The van der Waals surface area contributed by atoms with E-state index in [1.54, 1.807) is 12.1 Å². The summed E-state index contributed by atoms with van der Waals surface area (Å²) in [5.41, 5.74) is 0.121. The number of ether oxygens (including phenoxy) is 2. The molecule has 168 valence electrons. The molecule has 32 heavy (non-hydrogen) atoms. The van der Waals surface area contributed by atoms with E-state index in [-0.39, 0.29) is 33.4 Å². The minimum Gasteiger partial charge on any atom is -0.495 e. The average Bonchev–Trinajstić information content (AvgIpc) is 3.12. The van der Waals surface area contributed by atoms with Crippen molar-refractivity contribution < 1.29 is 36.9 Å². The number of alkyl halides is 3. The number of carboxylic acids is 1. The number of benzene rings is 2. The molecular weight excluding hydrogens is 458 g/mol. The Kier molecular flexibility index (Phi) is 5.55. The first-order chi connectivity index (χ1) is 15.1. The quantitative estimate of drug-likeness (QED) is 0.554. The van der Waals surface area contributed by atoms with Crippen LogP contribution < -0.4 is 4.74 Å². The second-order valence-corrected chi connectivity index (χ2v) is 7.26. The second kappa shape index (κ2) is 8.06. The number of carboxylic acid groups (broad SMARTS) is 1. The second-order valence-electron chi connectivity index (χ2n) is 6.88. The standard InChI is InChI=1S/C20H14ClF4N3O4/c1-31-13-4-2-3-10(16(13)21)17-11-7-9(22)5-6-12(11)28-18(14(32-17)8-15(29)30)26-27-19(28)20(23,24)25/h2-7,14,17H,8H2,1H3,(H,29,30)/t14-,17-/m1/s1. The van der Waals surface area contributed by atoms with Crippen LogP contribution in [0, 0.1) is 5.82 Å². The molecule has 1 N–H and O–H groups in total. The van der Waals surface area contributed by atoms with Gasteiger partial charge < -0.3 is 14.6 Å². The number of hydrogen-bond donors (Lipinski definition) is 1. The highest BCUT2D eigenvalue weighted by Crippen LogP contribution is 2.45. The number of hydrogen-bond acceptors (Lipinski definition) is 5. The van der Waals surface area contributed by atoms with Crippen LogP contribution in [0.2, 0.25) is 5.02 Å². The van der Waals surface area contributed by atoms with Gasteiger partial charge in [0.15, 0.2) is 5.82 Å². The molecule has 0 amide bonds. The average molecular weight is 472 g/mol. The third-order valence-corrected chi connectivity index (χ3v) is 5.30. The Morgan fingerprint density at radius 2 is 2.00 bits per heavy atom. The summed E-state index contributed by atoms with van der Waals surface area (Å²) in [5, 5.41) is 16.2. The van der Waals surface area contributed by atoms with E-state index in [0.29, 0.717) is 4.57 Å². The molecule has 12 heteroatoms. The predicted octanol–water partition coefficient (Wildman–Crippen LogP) is 4.72. The molecule has 0 aliphatic carbocycles. The highest BCUT2D eigenvalue weighted by molar-refractivity contribution is 6.32. The van der Waals surface area contributed by atoms with E-state index in [4.69, 9.17) is 21.1 Å². The SMILES string of the molecule is COc1cccc([C@H]2O[C@H](CC(=O)O)c3nnc(C(F)(F)F)n3-c3ccc(F)cc32)c1Cl. The van der Waals surface area contributed by atoms with Gasteiger partial charge in [-0.3, -0.25) is 9.36 Å². The number of carbonyl (C=O) groups is 1. The molecule has 2 heterocycles. The Bertz CT molecular complexity index is 1200. The van der Waals surface area contributed by atoms with Gasteiger partial charge in [0.2, 0.25) is 5.82 Å². The highest BCUT2D eigenvalue weighted by Gasteiger charge is 2.43. The van der Waals surface area contributed by atoms with Crippen molar-refractivity contribution in [3.63, 3.8) is 0 Å². The van der Waals surface area contributed by atoms with E-state index in [1.165, 1.54) is 13.2 Å². The Morgan fingerprint density at radius 3 is 2.66 bits per heavy atom. The first-order valence-electron chi connectivity index (χ1n) is 9.13. The van der Waals surface area contributed by atoms with Crippen molar-refractivity contribution in [3.8, 4) is 11.4 Å². The van der Waals surface area contributed by atoms with Crippen molar-refractivity contribution in [2.45, 2.75) is 24.8 Å². The van der Waals surface area contributed by atoms with Crippen LogP contribution in [0.1, 0.15) is 41.4 Å². The molecule has 1 aromatic heterocycles. The molecule has 2 atom stereocenters. The Balaban J connectivity index is 2.03. The van der Waals surface area contributed by atoms with Crippen molar-refractivity contribution in [1.29, 1.82) is 0 Å². The van der Waals surface area contributed by atoms with E-state index in [1.807, 2.05) is 0 Å². The molecule has 2 aromatic carbocycles. The lowest BCUT2D eigenvalue weighted by Gasteiger charge is -2.23. The van der Waals surface area contributed by atoms with E-state index >= 15 is 0 Å². The molecule has 0 fully saturated rings. The zero-order valence-electron chi connectivity index (χ0n) is 16.2. The number of rotatable bonds is 4. The summed E-state index contributed by atoms with van der Waals surface area (Å²) in [5.74, 6) is -3.60. The van der Waals surface area contributed by atoms with Crippen molar-refractivity contribution >= 4 is 17.6 Å². The first kappa shape index (κ1) is 22.0. The van der Waals surface area contributed by atoms with Crippen LogP contribution in [0.4, 0.5) is 17.6 Å². The lowest BCUT2D eigenvalue weighted by Crippen LogP contribution is -2.17. The van der Waals surface area contributed by atoms with Crippen LogP contribution in [0.5, 0.6) is 5.75 Å². The molecule has 0 saturated carbocycles. The lowest BCUT2D eigenvalue weighted by molar-refractivity contribution is -0.146. The third kappa shape index (κ3) is 3.78. The van der Waals surface area contributed by atoms with Gasteiger partial charge in [0.1, 0.15) is 23.8 Å². The zero-order chi connectivity index (χ0) is 23.2. The summed E-state index contributed by atoms with van der Waals surface area (Å²) >= 11 is 6.41. The van der Waals surface area contributed by atoms with Gasteiger partial charge in [-0.05, 0) is 24.3 Å². The van der Waals surface area contributed by atoms with Gasteiger partial charge in [-0.25, -0.2) is 4.39 Å². The number of fused-ring (bicyclic) bond motifs is 3. The fraction of sp³-hybridized carbons (Fsp3) is 0.250. The van der Waals surface area contributed by atoms with Crippen molar-refractivity contribution in [2.24, 2.45) is 0 Å². The summed E-state index contributed by atoms with van der Waals surface area (Å²) in [4.78, 5) is 11.5. The number of nitrogens with zero attached hydrogens (tertiary/aromatic N) is 3. The van der Waals surface area contributed by atoms with E-state index in [9.17, 15) is 27.5 Å². The molecule has 7 nitrogen and oxygen atoms in total. The maximum Gasteiger partial charge on any atom is 0.452 e. The van der Waals surface area contributed by atoms with Crippen LogP contribution in [-0.2, 0) is 15.7 Å². The normalized spacial score (nSPS) is 17.9. The molecule has 0 radical (unpaired) electrons. The van der Waals surface area contributed by atoms with Crippen LogP contribution in [0.25, 0.3) is 5.69 Å². The van der Waals surface area contributed by atoms with Crippen LogP contribution in [0.3, 0.4) is 0 Å². The molecular formula is C20H14ClF4N3O4. The van der Waals surface area contributed by atoms with Gasteiger partial charge in [-0.2, -0.15) is 13.2 Å². The Hall–Kier alpha value is -3.18. The van der Waals surface area contributed by atoms with E-state index in [2.05, 4.69) is 10.2 Å². The summed E-state index contributed by atoms with van der Waals surface area (Å²) in [6, 6.07) is 7.76. The summed E-state index contributed by atoms with van der Waals surface area (Å²) in [6.07, 6.45) is -8.31. The Labute approximate surface area is 183 Å². The van der Waals surface area contributed by atoms with Crippen LogP contribution >= 0.6 is 11.6 Å². The molecule has 4 rings (SSSR count). The summed E-state index contributed by atoms with van der Waals surface area (Å²) < 4.78 is 67.1. The molecule has 1 aliphatic heterocycles. The minimum absolute atomic E-state index is 0.0143. The zero-order valence-corrected chi connectivity index (χ0v) is 17.0. The smallest absolute Gasteiger partial charge is 0.452 e. The predicted molar refractivity (Wildman–Crippen MR) is 102 cm³/mol. The van der Waals surface area contributed by atoms with Gasteiger partial charge in [0.05, 0.1) is 24.2 Å².